The third-order valence-corrected chi connectivity index (χ3v) is 2.24. The summed E-state index contributed by atoms with van der Waals surface area (Å²) in [6, 6.07) is 0.616. The maximum atomic E-state index is 7.20. The van der Waals surface area contributed by atoms with Crippen molar-refractivity contribution in [3.63, 3.8) is 0 Å². The molecule has 1 fully saturated rings. The number of piperidine rings is 1. The first-order chi connectivity index (χ1) is 5.24. The fourth-order valence-electron chi connectivity index (χ4n) is 1.41. The zero-order valence-corrected chi connectivity index (χ0v) is 6.93. The van der Waals surface area contributed by atoms with Crippen molar-refractivity contribution in [3.8, 4) is 0 Å². The van der Waals surface area contributed by atoms with Gasteiger partial charge in [-0.05, 0) is 19.9 Å². The summed E-state index contributed by atoms with van der Waals surface area (Å²) in [5.74, 6) is 0.208. The number of hydrogen-bond acceptors (Lipinski definition) is 2. The molecule has 0 atom stereocenters. The van der Waals surface area contributed by atoms with Crippen LogP contribution in [-0.2, 0) is 0 Å². The maximum Gasteiger partial charge on any atom is 0.188 e. The highest BCUT2D eigenvalue weighted by Gasteiger charge is 2.17. The van der Waals surface area contributed by atoms with Crippen LogP contribution in [0.15, 0.2) is 0 Å². The van der Waals surface area contributed by atoms with Gasteiger partial charge in [0.25, 0.3) is 0 Å². The van der Waals surface area contributed by atoms with Crippen LogP contribution in [0.2, 0.25) is 0 Å². The Labute approximate surface area is 67.3 Å². The van der Waals surface area contributed by atoms with Crippen LogP contribution in [-0.4, -0.2) is 37.0 Å². The van der Waals surface area contributed by atoms with E-state index in [1.165, 1.54) is 0 Å². The molecule has 1 saturated heterocycles. The van der Waals surface area contributed by atoms with Crippen molar-refractivity contribution in [1.82, 2.24) is 10.2 Å². The molecule has 0 bridgehead atoms. The summed E-state index contributed by atoms with van der Waals surface area (Å²) in [6.45, 7) is 1.84. The van der Waals surface area contributed by atoms with E-state index in [1.54, 1.807) is 0 Å². The first kappa shape index (κ1) is 8.33. The van der Waals surface area contributed by atoms with Crippen LogP contribution in [0, 0.1) is 5.41 Å². The van der Waals surface area contributed by atoms with Gasteiger partial charge in [-0.2, -0.15) is 0 Å². The molecule has 64 valence electrons. The van der Waals surface area contributed by atoms with Gasteiger partial charge in [0.1, 0.15) is 0 Å². The Hall–Kier alpha value is -0.770. The van der Waals surface area contributed by atoms with Gasteiger partial charge in [-0.3, -0.25) is 5.41 Å². The minimum absolute atomic E-state index is 0.208. The summed E-state index contributed by atoms with van der Waals surface area (Å²) in [4.78, 5) is 1.91. The van der Waals surface area contributed by atoms with E-state index in [4.69, 9.17) is 11.1 Å². The zero-order valence-electron chi connectivity index (χ0n) is 6.93. The number of guanidine groups is 1. The highest BCUT2D eigenvalue weighted by Crippen LogP contribution is 2.08. The molecule has 0 saturated carbocycles. The van der Waals surface area contributed by atoms with Gasteiger partial charge in [-0.15, -0.1) is 0 Å². The lowest BCUT2D eigenvalue weighted by Crippen LogP contribution is -2.46. The number of likely N-dealkylation sites (tertiary alicyclic amines) is 1. The molecule has 0 aliphatic carbocycles. The van der Waals surface area contributed by atoms with E-state index in [1.807, 2.05) is 11.9 Å². The van der Waals surface area contributed by atoms with Crippen molar-refractivity contribution in [2.45, 2.75) is 18.9 Å². The van der Waals surface area contributed by atoms with Crippen LogP contribution < -0.4 is 11.1 Å². The summed E-state index contributed by atoms with van der Waals surface area (Å²) in [6.07, 6.45) is 2.19. The lowest BCUT2D eigenvalue weighted by molar-refractivity contribution is 0.288. The quantitative estimate of drug-likeness (QED) is 0.356. The molecule has 4 N–H and O–H groups in total. The van der Waals surface area contributed by atoms with Gasteiger partial charge in [0.15, 0.2) is 5.96 Å². The standard InChI is InChI=1S/C7H16N4/c1-10-6-2-4-11(5-3-6)7(8)9/h6,10H,2-5H2,1H3,(H3,8,9). The van der Waals surface area contributed by atoms with Gasteiger partial charge >= 0.3 is 0 Å². The summed E-state index contributed by atoms with van der Waals surface area (Å²) in [5, 5.41) is 10.4. The maximum absolute atomic E-state index is 7.20. The van der Waals surface area contributed by atoms with Gasteiger partial charge in [-0.1, -0.05) is 0 Å². The highest BCUT2D eigenvalue weighted by atomic mass is 15.2. The third-order valence-electron chi connectivity index (χ3n) is 2.24. The third kappa shape index (κ3) is 2.08. The molecule has 1 aliphatic rings. The largest absolute Gasteiger partial charge is 0.370 e. The number of nitrogens with zero attached hydrogens (tertiary/aromatic N) is 1. The van der Waals surface area contributed by atoms with Crippen LogP contribution in [0.4, 0.5) is 0 Å². The molecular formula is C7H16N4. The molecule has 4 nitrogen and oxygen atoms in total. The lowest BCUT2D eigenvalue weighted by Gasteiger charge is -2.31. The average Bonchev–Trinajstić information content (AvgIpc) is 2.05. The highest BCUT2D eigenvalue weighted by molar-refractivity contribution is 5.74. The Bertz CT molecular complexity index is 137. The van der Waals surface area contributed by atoms with Gasteiger partial charge < -0.3 is 16.0 Å². The number of hydrogen-bond donors (Lipinski definition) is 3. The van der Waals surface area contributed by atoms with Gasteiger partial charge in [0, 0.05) is 19.1 Å². The first-order valence-corrected chi connectivity index (χ1v) is 4.00. The Balaban J connectivity index is 2.30. The van der Waals surface area contributed by atoms with E-state index in [9.17, 15) is 0 Å². The normalized spacial score (nSPS) is 20.3. The van der Waals surface area contributed by atoms with E-state index in [2.05, 4.69) is 5.32 Å². The summed E-state index contributed by atoms with van der Waals surface area (Å²) in [7, 11) is 1.98. The molecule has 0 radical (unpaired) electrons. The predicted octanol–water partition coefficient (Wildman–Crippen LogP) is -0.436. The fraction of sp³-hybridized carbons (Fsp3) is 0.857. The van der Waals surface area contributed by atoms with Crippen LogP contribution >= 0.6 is 0 Å². The number of nitrogens with two attached hydrogens (primary N) is 1. The van der Waals surface area contributed by atoms with Crippen LogP contribution in [0.1, 0.15) is 12.8 Å². The Morgan fingerprint density at radius 1 is 1.55 bits per heavy atom. The SMILES string of the molecule is CNC1CCN(C(=N)N)CC1. The molecule has 0 aromatic heterocycles. The number of rotatable bonds is 1. The van der Waals surface area contributed by atoms with Crippen molar-refractivity contribution in [2.24, 2.45) is 5.73 Å². The predicted molar refractivity (Wildman–Crippen MR) is 45.6 cm³/mol. The minimum atomic E-state index is 0.208. The fourth-order valence-corrected chi connectivity index (χ4v) is 1.41. The van der Waals surface area contributed by atoms with Crippen molar-refractivity contribution in [3.05, 3.63) is 0 Å². The molecule has 0 amide bonds. The van der Waals surface area contributed by atoms with Gasteiger partial charge in [0.05, 0.1) is 0 Å². The molecule has 1 heterocycles. The Kier molecular flexibility index (Phi) is 2.70. The van der Waals surface area contributed by atoms with E-state index < -0.39 is 0 Å². The summed E-state index contributed by atoms with van der Waals surface area (Å²) < 4.78 is 0. The minimum Gasteiger partial charge on any atom is -0.370 e. The monoisotopic (exact) mass is 156 g/mol. The van der Waals surface area contributed by atoms with E-state index in [0.717, 1.165) is 25.9 Å². The van der Waals surface area contributed by atoms with Crippen molar-refractivity contribution >= 4 is 5.96 Å². The molecule has 4 heteroatoms. The van der Waals surface area contributed by atoms with Crippen molar-refractivity contribution in [2.75, 3.05) is 20.1 Å². The van der Waals surface area contributed by atoms with Gasteiger partial charge in [0.2, 0.25) is 0 Å². The van der Waals surface area contributed by atoms with Gasteiger partial charge in [-0.25, -0.2) is 0 Å². The van der Waals surface area contributed by atoms with E-state index >= 15 is 0 Å². The summed E-state index contributed by atoms with van der Waals surface area (Å²) >= 11 is 0. The second-order valence-electron chi connectivity index (χ2n) is 2.94. The lowest BCUT2D eigenvalue weighted by atomic mass is 10.1. The molecule has 1 aliphatic heterocycles. The molecular weight excluding hydrogens is 140 g/mol. The van der Waals surface area contributed by atoms with E-state index in [0.29, 0.717) is 6.04 Å². The first-order valence-electron chi connectivity index (χ1n) is 4.00. The molecule has 0 aromatic rings. The second-order valence-corrected chi connectivity index (χ2v) is 2.94. The van der Waals surface area contributed by atoms with Crippen LogP contribution in [0.5, 0.6) is 0 Å². The van der Waals surface area contributed by atoms with Crippen LogP contribution in [0.3, 0.4) is 0 Å². The van der Waals surface area contributed by atoms with Crippen molar-refractivity contribution in [1.29, 1.82) is 5.41 Å². The van der Waals surface area contributed by atoms with E-state index in [-0.39, 0.29) is 5.96 Å². The van der Waals surface area contributed by atoms with Crippen LogP contribution in [0.25, 0.3) is 0 Å². The molecule has 0 aromatic carbocycles. The molecule has 11 heavy (non-hydrogen) atoms. The second kappa shape index (κ2) is 3.57. The molecule has 1 rings (SSSR count). The summed E-state index contributed by atoms with van der Waals surface area (Å²) in [5.41, 5.74) is 5.34. The smallest absolute Gasteiger partial charge is 0.188 e. The zero-order chi connectivity index (χ0) is 8.27. The molecule has 0 spiro atoms. The number of nitrogens with one attached hydrogen (secondary N) is 2. The molecule has 0 unspecified atom stereocenters. The average molecular weight is 156 g/mol. The topological polar surface area (TPSA) is 65.1 Å². The Morgan fingerprint density at radius 3 is 2.45 bits per heavy atom. The van der Waals surface area contributed by atoms with Crippen molar-refractivity contribution < 1.29 is 0 Å². The Morgan fingerprint density at radius 2 is 2.09 bits per heavy atom.